The van der Waals surface area contributed by atoms with Gasteiger partial charge in [0.25, 0.3) is 0 Å². The SMILES string of the molecule is COC(=O)C12C[C@H](F)CN1C[C@H](F)C2. The molecule has 5 heteroatoms. The molecule has 2 fully saturated rings. The molecule has 0 saturated carbocycles. The first kappa shape index (κ1) is 9.83. The zero-order valence-electron chi connectivity index (χ0n) is 8.00. The van der Waals surface area contributed by atoms with E-state index in [4.69, 9.17) is 0 Å². The molecule has 80 valence electrons. The second-order valence-corrected chi connectivity index (χ2v) is 4.03. The van der Waals surface area contributed by atoms with Crippen molar-refractivity contribution in [2.24, 2.45) is 0 Å². The van der Waals surface area contributed by atoms with Crippen molar-refractivity contribution in [1.29, 1.82) is 0 Å². The summed E-state index contributed by atoms with van der Waals surface area (Å²) in [4.78, 5) is 13.1. The summed E-state index contributed by atoms with van der Waals surface area (Å²) < 4.78 is 30.9. The van der Waals surface area contributed by atoms with Crippen molar-refractivity contribution in [3.63, 3.8) is 0 Å². The fraction of sp³-hybridized carbons (Fsp3) is 0.889. The summed E-state index contributed by atoms with van der Waals surface area (Å²) in [7, 11) is 1.26. The number of halogens is 2. The van der Waals surface area contributed by atoms with Crippen LogP contribution in [-0.4, -0.2) is 49.0 Å². The molecule has 0 aliphatic carbocycles. The molecule has 3 atom stereocenters. The van der Waals surface area contributed by atoms with E-state index in [1.807, 2.05) is 0 Å². The van der Waals surface area contributed by atoms with E-state index in [1.165, 1.54) is 7.11 Å². The molecule has 0 spiro atoms. The van der Waals surface area contributed by atoms with Gasteiger partial charge in [-0.1, -0.05) is 0 Å². The highest BCUT2D eigenvalue weighted by Gasteiger charge is 2.58. The van der Waals surface area contributed by atoms with Gasteiger partial charge in [0.2, 0.25) is 0 Å². The summed E-state index contributed by atoms with van der Waals surface area (Å²) in [6, 6.07) is 0. The lowest BCUT2D eigenvalue weighted by Crippen LogP contribution is -2.46. The second kappa shape index (κ2) is 3.15. The Hall–Kier alpha value is -0.710. The molecule has 3 nitrogen and oxygen atoms in total. The minimum atomic E-state index is -1.04. The third-order valence-electron chi connectivity index (χ3n) is 3.13. The van der Waals surface area contributed by atoms with E-state index in [0.717, 1.165) is 0 Å². The molecule has 2 heterocycles. The van der Waals surface area contributed by atoms with Crippen molar-refractivity contribution in [2.45, 2.75) is 30.7 Å². The number of fused-ring (bicyclic) bond motifs is 1. The van der Waals surface area contributed by atoms with Crippen LogP contribution in [0.4, 0.5) is 8.78 Å². The number of nitrogens with zero attached hydrogens (tertiary/aromatic N) is 1. The van der Waals surface area contributed by atoms with E-state index < -0.39 is 23.9 Å². The van der Waals surface area contributed by atoms with Crippen LogP contribution in [-0.2, 0) is 9.53 Å². The Morgan fingerprint density at radius 1 is 1.36 bits per heavy atom. The number of hydrogen-bond donors (Lipinski definition) is 0. The molecule has 0 bridgehead atoms. The smallest absolute Gasteiger partial charge is 0.326 e. The standard InChI is InChI=1S/C9H13F2NO2/c1-14-8(13)9-2-6(10)4-12(9)5-7(11)3-9/h6-7H,2-5H2,1H3/t6-,7+,9?. The number of methoxy groups -OCH3 is 1. The molecule has 2 rings (SSSR count). The average molecular weight is 205 g/mol. The van der Waals surface area contributed by atoms with Crippen molar-refractivity contribution in [3.05, 3.63) is 0 Å². The van der Waals surface area contributed by atoms with Crippen LogP contribution in [0.15, 0.2) is 0 Å². The van der Waals surface area contributed by atoms with Gasteiger partial charge in [-0.05, 0) is 0 Å². The fourth-order valence-corrected chi connectivity index (χ4v) is 2.59. The van der Waals surface area contributed by atoms with Crippen LogP contribution in [0.3, 0.4) is 0 Å². The Labute approximate surface area is 81.0 Å². The Balaban J connectivity index is 2.24. The monoisotopic (exact) mass is 205 g/mol. The van der Waals surface area contributed by atoms with Gasteiger partial charge in [-0.2, -0.15) is 0 Å². The predicted molar refractivity (Wildman–Crippen MR) is 45.3 cm³/mol. The Morgan fingerprint density at radius 3 is 2.29 bits per heavy atom. The maximum atomic E-state index is 13.1. The molecular formula is C9H13F2NO2. The van der Waals surface area contributed by atoms with Crippen molar-refractivity contribution < 1.29 is 18.3 Å². The first-order valence-electron chi connectivity index (χ1n) is 4.70. The molecule has 2 aliphatic rings. The van der Waals surface area contributed by atoms with Crippen molar-refractivity contribution in [1.82, 2.24) is 4.90 Å². The minimum Gasteiger partial charge on any atom is -0.468 e. The molecule has 0 aromatic rings. The highest BCUT2D eigenvalue weighted by atomic mass is 19.1. The molecule has 0 N–H and O–H groups in total. The highest BCUT2D eigenvalue weighted by Crippen LogP contribution is 2.41. The first-order chi connectivity index (χ1) is 6.58. The number of hydrogen-bond acceptors (Lipinski definition) is 3. The number of carbonyl (C=O) groups excluding carboxylic acids is 1. The molecule has 0 aromatic carbocycles. The van der Waals surface area contributed by atoms with Crippen LogP contribution in [0.25, 0.3) is 0 Å². The maximum absolute atomic E-state index is 13.1. The van der Waals surface area contributed by atoms with Gasteiger partial charge < -0.3 is 4.74 Å². The number of esters is 1. The largest absolute Gasteiger partial charge is 0.468 e. The molecule has 2 aliphatic heterocycles. The van der Waals surface area contributed by atoms with Gasteiger partial charge in [-0.3, -0.25) is 9.69 Å². The first-order valence-corrected chi connectivity index (χ1v) is 4.70. The van der Waals surface area contributed by atoms with E-state index in [0.29, 0.717) is 0 Å². The van der Waals surface area contributed by atoms with Gasteiger partial charge in [0.1, 0.15) is 17.9 Å². The Bertz CT molecular complexity index is 245. The highest BCUT2D eigenvalue weighted by molar-refractivity contribution is 5.82. The third-order valence-corrected chi connectivity index (χ3v) is 3.13. The van der Waals surface area contributed by atoms with Gasteiger partial charge >= 0.3 is 5.97 Å². The fourth-order valence-electron chi connectivity index (χ4n) is 2.59. The van der Waals surface area contributed by atoms with Crippen LogP contribution in [0.2, 0.25) is 0 Å². The lowest BCUT2D eigenvalue weighted by atomic mass is 9.93. The van der Waals surface area contributed by atoms with E-state index in [9.17, 15) is 13.6 Å². The van der Waals surface area contributed by atoms with Crippen molar-refractivity contribution >= 4 is 5.97 Å². The van der Waals surface area contributed by atoms with Crippen LogP contribution < -0.4 is 0 Å². The maximum Gasteiger partial charge on any atom is 0.326 e. The van der Waals surface area contributed by atoms with E-state index in [2.05, 4.69) is 4.74 Å². The van der Waals surface area contributed by atoms with Crippen molar-refractivity contribution in [3.8, 4) is 0 Å². The Kier molecular flexibility index (Phi) is 2.21. The zero-order chi connectivity index (χ0) is 10.3. The average Bonchev–Trinajstić information content (AvgIpc) is 2.55. The number of rotatable bonds is 1. The van der Waals surface area contributed by atoms with E-state index >= 15 is 0 Å². The second-order valence-electron chi connectivity index (χ2n) is 4.03. The Morgan fingerprint density at radius 2 is 1.86 bits per heavy atom. The summed E-state index contributed by atoms with van der Waals surface area (Å²) in [5.74, 6) is -0.502. The molecule has 2 saturated heterocycles. The lowest BCUT2D eigenvalue weighted by molar-refractivity contribution is -0.151. The van der Waals surface area contributed by atoms with Gasteiger partial charge in [0.05, 0.1) is 7.11 Å². The third kappa shape index (κ3) is 1.22. The summed E-state index contributed by atoms with van der Waals surface area (Å²) in [5.41, 5.74) is -1.02. The zero-order valence-corrected chi connectivity index (χ0v) is 8.00. The van der Waals surface area contributed by atoms with E-state index in [1.54, 1.807) is 4.90 Å². The topological polar surface area (TPSA) is 29.5 Å². The summed E-state index contributed by atoms with van der Waals surface area (Å²) >= 11 is 0. The quantitative estimate of drug-likeness (QED) is 0.590. The molecule has 1 unspecified atom stereocenters. The summed E-state index contributed by atoms with van der Waals surface area (Å²) in [6.45, 7) is 0.297. The molecule has 0 aromatic heterocycles. The van der Waals surface area contributed by atoms with Crippen molar-refractivity contribution in [2.75, 3.05) is 20.2 Å². The van der Waals surface area contributed by atoms with Crippen LogP contribution >= 0.6 is 0 Å². The predicted octanol–water partition coefficient (Wildman–Crippen LogP) is 0.684. The van der Waals surface area contributed by atoms with Crippen LogP contribution in [0, 0.1) is 0 Å². The van der Waals surface area contributed by atoms with Gasteiger partial charge in [-0.15, -0.1) is 0 Å². The number of alkyl halides is 2. The van der Waals surface area contributed by atoms with Crippen LogP contribution in [0.1, 0.15) is 12.8 Å². The normalized spacial score (nSPS) is 42.5. The molecule has 14 heavy (non-hydrogen) atoms. The van der Waals surface area contributed by atoms with E-state index in [-0.39, 0.29) is 25.9 Å². The number of ether oxygens (including phenoxy) is 1. The summed E-state index contributed by atoms with van der Waals surface area (Å²) in [5, 5.41) is 0. The van der Waals surface area contributed by atoms with Gasteiger partial charge in [-0.25, -0.2) is 8.78 Å². The van der Waals surface area contributed by atoms with Gasteiger partial charge in [0.15, 0.2) is 0 Å². The lowest BCUT2D eigenvalue weighted by Gasteiger charge is -2.27. The number of carbonyl (C=O) groups is 1. The summed E-state index contributed by atoms with van der Waals surface area (Å²) in [6.07, 6.45) is -1.94. The van der Waals surface area contributed by atoms with Crippen LogP contribution in [0.5, 0.6) is 0 Å². The molecule has 0 radical (unpaired) electrons. The molecular weight excluding hydrogens is 192 g/mol. The van der Waals surface area contributed by atoms with Gasteiger partial charge in [0, 0.05) is 25.9 Å². The molecule has 0 amide bonds. The minimum absolute atomic E-state index is 0.0695.